The van der Waals surface area contributed by atoms with E-state index in [1.54, 1.807) is 6.07 Å². The minimum Gasteiger partial charge on any atom is -0.492 e. The van der Waals surface area contributed by atoms with Crippen molar-refractivity contribution in [3.8, 4) is 11.5 Å². The molecule has 0 bridgehead atoms. The summed E-state index contributed by atoms with van der Waals surface area (Å²) in [6.07, 6.45) is 3.36. The molecule has 0 atom stereocenters. The van der Waals surface area contributed by atoms with Gasteiger partial charge < -0.3 is 29.7 Å². The molecule has 4 rings (SSSR count). The number of likely N-dealkylation sites (N-methyl/N-ethyl adjacent to an activating group) is 1. The maximum atomic E-state index is 13.6. The van der Waals surface area contributed by atoms with E-state index in [1.807, 2.05) is 24.1 Å². The van der Waals surface area contributed by atoms with Crippen LogP contribution < -0.4 is 14.8 Å². The van der Waals surface area contributed by atoms with Gasteiger partial charge in [-0.3, -0.25) is 0 Å². The fraction of sp³-hybridized carbons (Fsp3) is 0.440. The highest BCUT2D eigenvalue weighted by Gasteiger charge is 2.21. The van der Waals surface area contributed by atoms with Crippen LogP contribution in [-0.4, -0.2) is 84.5 Å². The molecule has 1 aliphatic rings. The predicted octanol–water partition coefficient (Wildman–Crippen LogP) is 3.94. The lowest BCUT2D eigenvalue weighted by molar-refractivity contribution is 0.115. The molecule has 2 aromatic carbocycles. The first kappa shape index (κ1) is 25.4. The highest BCUT2D eigenvalue weighted by Crippen LogP contribution is 2.37. The van der Waals surface area contributed by atoms with Gasteiger partial charge in [0.2, 0.25) is 0 Å². The van der Waals surface area contributed by atoms with Crippen LogP contribution in [0.2, 0.25) is 5.02 Å². The molecule has 1 fully saturated rings. The van der Waals surface area contributed by atoms with E-state index in [2.05, 4.69) is 27.2 Å². The van der Waals surface area contributed by atoms with Gasteiger partial charge >= 0.3 is 0 Å². The quantitative estimate of drug-likeness (QED) is 0.430. The number of aliphatic hydroxyl groups excluding tert-OH is 1. The van der Waals surface area contributed by atoms with Gasteiger partial charge in [0.1, 0.15) is 42.2 Å². The lowest BCUT2D eigenvalue weighted by Gasteiger charge is -2.30. The Kier molecular flexibility index (Phi) is 8.56. The smallest absolute Gasteiger partial charge is 0.145 e. The van der Waals surface area contributed by atoms with Gasteiger partial charge in [0.15, 0.2) is 0 Å². The molecule has 2 heterocycles. The van der Waals surface area contributed by atoms with E-state index in [-0.39, 0.29) is 17.7 Å². The Morgan fingerprint density at radius 1 is 1.20 bits per heavy atom. The number of benzene rings is 2. The Balaban J connectivity index is 1.64. The molecule has 0 saturated carbocycles. The summed E-state index contributed by atoms with van der Waals surface area (Å²) in [7, 11) is 4.04. The van der Waals surface area contributed by atoms with Gasteiger partial charge in [-0.1, -0.05) is 11.6 Å². The van der Waals surface area contributed by atoms with Gasteiger partial charge in [-0.2, -0.15) is 0 Å². The molecular formula is C25H31ClFN5O3. The van der Waals surface area contributed by atoms with Crippen molar-refractivity contribution in [3.63, 3.8) is 0 Å². The molecule has 1 saturated heterocycles. The lowest BCUT2D eigenvalue weighted by atomic mass is 10.1. The Bertz CT molecular complexity index is 1140. The third kappa shape index (κ3) is 6.70. The van der Waals surface area contributed by atoms with Crippen LogP contribution in [0.1, 0.15) is 12.8 Å². The summed E-state index contributed by atoms with van der Waals surface area (Å²) < 4.78 is 26.1. The van der Waals surface area contributed by atoms with Crippen molar-refractivity contribution in [1.82, 2.24) is 19.8 Å². The zero-order chi connectivity index (χ0) is 24.8. The molecule has 0 unspecified atom stereocenters. The topological polar surface area (TPSA) is 83.0 Å². The molecule has 8 nitrogen and oxygen atoms in total. The standard InChI is InChI=1S/C25H31ClFN5O3/c1-31-7-5-18(6-8-31)35-23-15-19(34-12-10-32(2)9-11-33)14-22-24(23)25(29-16-28-22)30-17-3-4-21(27)20(26)13-17/h3-4,13-16,18,33H,5-12H2,1-2H3,(H,28,29,30). The second-order valence-electron chi connectivity index (χ2n) is 8.79. The maximum absolute atomic E-state index is 13.6. The number of aliphatic hydroxyl groups is 1. The van der Waals surface area contributed by atoms with Gasteiger partial charge in [0, 0.05) is 44.0 Å². The number of hydrogen-bond donors (Lipinski definition) is 2. The number of rotatable bonds is 10. The molecule has 1 aliphatic heterocycles. The summed E-state index contributed by atoms with van der Waals surface area (Å²) in [5.41, 5.74) is 1.27. The zero-order valence-corrected chi connectivity index (χ0v) is 20.8. The van der Waals surface area contributed by atoms with Crippen LogP contribution in [0, 0.1) is 5.82 Å². The van der Waals surface area contributed by atoms with Gasteiger partial charge in [0.05, 0.1) is 22.5 Å². The first-order valence-corrected chi connectivity index (χ1v) is 12.1. The van der Waals surface area contributed by atoms with Crippen LogP contribution >= 0.6 is 11.6 Å². The fourth-order valence-electron chi connectivity index (χ4n) is 4.00. The molecule has 0 spiro atoms. The number of ether oxygens (including phenoxy) is 2. The number of piperidine rings is 1. The van der Waals surface area contributed by atoms with Crippen molar-refractivity contribution in [2.24, 2.45) is 0 Å². The van der Waals surface area contributed by atoms with Crippen molar-refractivity contribution in [2.75, 3.05) is 58.8 Å². The van der Waals surface area contributed by atoms with E-state index in [0.29, 0.717) is 48.2 Å². The molecule has 3 aromatic rings. The van der Waals surface area contributed by atoms with Gasteiger partial charge in [0.25, 0.3) is 0 Å². The molecule has 35 heavy (non-hydrogen) atoms. The molecule has 0 amide bonds. The molecular weight excluding hydrogens is 473 g/mol. The van der Waals surface area contributed by atoms with Crippen molar-refractivity contribution >= 4 is 34.0 Å². The molecule has 2 N–H and O–H groups in total. The second kappa shape index (κ2) is 11.8. The number of anilines is 2. The van der Waals surface area contributed by atoms with Crippen molar-refractivity contribution in [3.05, 3.63) is 47.5 Å². The monoisotopic (exact) mass is 503 g/mol. The van der Waals surface area contributed by atoms with E-state index in [1.165, 1.54) is 18.5 Å². The van der Waals surface area contributed by atoms with Crippen molar-refractivity contribution in [2.45, 2.75) is 18.9 Å². The lowest BCUT2D eigenvalue weighted by Crippen LogP contribution is -2.35. The van der Waals surface area contributed by atoms with Crippen LogP contribution in [0.15, 0.2) is 36.7 Å². The number of aromatic nitrogens is 2. The van der Waals surface area contributed by atoms with Crippen LogP contribution in [-0.2, 0) is 0 Å². The van der Waals surface area contributed by atoms with Gasteiger partial charge in [-0.05, 0) is 45.1 Å². The summed E-state index contributed by atoms with van der Waals surface area (Å²) in [5.74, 6) is 1.33. The van der Waals surface area contributed by atoms with E-state index < -0.39 is 5.82 Å². The number of nitrogens with one attached hydrogen (secondary N) is 1. The Labute approximate surface area is 209 Å². The Hall–Kier alpha value is -2.72. The zero-order valence-electron chi connectivity index (χ0n) is 20.0. The normalized spacial score (nSPS) is 15.0. The average molecular weight is 504 g/mol. The van der Waals surface area contributed by atoms with Crippen LogP contribution in [0.5, 0.6) is 11.5 Å². The Morgan fingerprint density at radius 3 is 2.74 bits per heavy atom. The van der Waals surface area contributed by atoms with Crippen LogP contribution in [0.25, 0.3) is 10.9 Å². The first-order chi connectivity index (χ1) is 16.9. The summed E-state index contributed by atoms with van der Waals surface area (Å²) in [6.45, 7) is 3.75. The van der Waals surface area contributed by atoms with Gasteiger partial charge in [-0.25, -0.2) is 14.4 Å². The third-order valence-electron chi connectivity index (χ3n) is 6.04. The fourth-order valence-corrected chi connectivity index (χ4v) is 4.18. The number of hydrogen-bond acceptors (Lipinski definition) is 8. The molecule has 188 valence electrons. The van der Waals surface area contributed by atoms with E-state index in [9.17, 15) is 4.39 Å². The predicted molar refractivity (Wildman–Crippen MR) is 135 cm³/mol. The SMILES string of the molecule is CN(CCO)CCOc1cc(OC2CCN(C)CC2)c2c(Nc3ccc(F)c(Cl)c3)ncnc2c1. The average Bonchev–Trinajstić information content (AvgIpc) is 2.83. The maximum Gasteiger partial charge on any atom is 0.145 e. The number of nitrogens with zero attached hydrogens (tertiary/aromatic N) is 4. The van der Waals surface area contributed by atoms with E-state index in [0.717, 1.165) is 31.3 Å². The minimum absolute atomic E-state index is 0.0259. The molecule has 0 aliphatic carbocycles. The largest absolute Gasteiger partial charge is 0.492 e. The molecule has 1 aromatic heterocycles. The summed E-state index contributed by atoms with van der Waals surface area (Å²) in [4.78, 5) is 13.2. The summed E-state index contributed by atoms with van der Waals surface area (Å²) >= 11 is 5.97. The van der Waals surface area contributed by atoms with Crippen molar-refractivity contribution in [1.29, 1.82) is 0 Å². The van der Waals surface area contributed by atoms with Crippen molar-refractivity contribution < 1.29 is 19.0 Å². The van der Waals surface area contributed by atoms with Crippen LogP contribution in [0.3, 0.4) is 0 Å². The number of halogens is 2. The summed E-state index contributed by atoms with van der Waals surface area (Å²) in [5, 5.41) is 13.1. The third-order valence-corrected chi connectivity index (χ3v) is 6.33. The molecule has 10 heteroatoms. The van der Waals surface area contributed by atoms with Gasteiger partial charge in [-0.15, -0.1) is 0 Å². The highest BCUT2D eigenvalue weighted by molar-refractivity contribution is 6.31. The first-order valence-electron chi connectivity index (χ1n) is 11.7. The number of fused-ring (bicyclic) bond motifs is 1. The second-order valence-corrected chi connectivity index (χ2v) is 9.19. The van der Waals surface area contributed by atoms with E-state index >= 15 is 0 Å². The van der Waals surface area contributed by atoms with Crippen LogP contribution in [0.4, 0.5) is 15.9 Å². The minimum atomic E-state index is -0.484. The Morgan fingerprint density at radius 2 is 2.00 bits per heavy atom. The molecule has 0 radical (unpaired) electrons. The summed E-state index contributed by atoms with van der Waals surface area (Å²) in [6, 6.07) is 8.16. The highest BCUT2D eigenvalue weighted by atomic mass is 35.5. The van der Waals surface area contributed by atoms with E-state index in [4.69, 9.17) is 26.2 Å². The number of likely N-dealkylation sites (tertiary alicyclic amines) is 1.